The van der Waals surface area contributed by atoms with Crippen LogP contribution in [0.3, 0.4) is 0 Å². The Labute approximate surface area is 116 Å². The Morgan fingerprint density at radius 1 is 1.30 bits per heavy atom. The number of benzene rings is 1. The molecule has 1 aliphatic rings. The van der Waals surface area contributed by atoms with Crippen LogP contribution in [0.15, 0.2) is 35.6 Å². The number of aliphatic hydroxyl groups is 1. The number of esters is 1. The summed E-state index contributed by atoms with van der Waals surface area (Å²) in [5.41, 5.74) is -0.654. The van der Waals surface area contributed by atoms with Crippen LogP contribution in [0.1, 0.15) is 18.1 Å². The number of aliphatic hydroxyl groups excluding tert-OH is 1. The van der Waals surface area contributed by atoms with Gasteiger partial charge in [0.1, 0.15) is 17.2 Å². The lowest BCUT2D eigenvalue weighted by Gasteiger charge is -2.30. The molecule has 6 nitrogen and oxygen atoms in total. The van der Waals surface area contributed by atoms with Crippen LogP contribution in [0, 0.1) is 0 Å². The topological polar surface area (TPSA) is 82.1 Å². The van der Waals surface area contributed by atoms with Gasteiger partial charge in [0.15, 0.2) is 0 Å². The molecular formula is C13H15O6P. The molecule has 1 unspecified atom stereocenters. The Morgan fingerprint density at radius 2 is 1.90 bits per heavy atom. The maximum Gasteiger partial charge on any atom is 0.344 e. The molecule has 20 heavy (non-hydrogen) atoms. The van der Waals surface area contributed by atoms with E-state index in [2.05, 4.69) is 0 Å². The van der Waals surface area contributed by atoms with Crippen LogP contribution >= 0.6 is 7.60 Å². The molecule has 0 saturated heterocycles. The second kappa shape index (κ2) is 5.40. The molecule has 1 atom stereocenters. The van der Waals surface area contributed by atoms with E-state index in [0.717, 1.165) is 0 Å². The summed E-state index contributed by atoms with van der Waals surface area (Å²) in [5, 5.41) is 9.74. The maximum absolute atomic E-state index is 12.7. The zero-order valence-corrected chi connectivity index (χ0v) is 12.2. The predicted octanol–water partition coefficient (Wildman–Crippen LogP) is 2.96. The van der Waals surface area contributed by atoms with Crippen molar-refractivity contribution < 1.29 is 28.3 Å². The summed E-state index contributed by atoms with van der Waals surface area (Å²) >= 11 is 0. The lowest BCUT2D eigenvalue weighted by atomic mass is 10.00. The third kappa shape index (κ3) is 2.26. The van der Waals surface area contributed by atoms with Gasteiger partial charge in [-0.05, 0) is 13.0 Å². The molecule has 7 heteroatoms. The molecule has 1 N–H and O–H groups in total. The van der Waals surface area contributed by atoms with Crippen molar-refractivity contribution in [1.29, 1.82) is 0 Å². The Morgan fingerprint density at radius 3 is 2.45 bits per heavy atom. The average molecular weight is 298 g/mol. The third-order valence-corrected chi connectivity index (χ3v) is 5.31. The minimum atomic E-state index is -3.65. The zero-order chi connectivity index (χ0) is 14.9. The van der Waals surface area contributed by atoms with E-state index in [1.165, 1.54) is 21.1 Å². The number of hydrogen-bond donors (Lipinski definition) is 1. The van der Waals surface area contributed by atoms with Gasteiger partial charge in [0.2, 0.25) is 0 Å². The summed E-state index contributed by atoms with van der Waals surface area (Å²) in [7, 11) is -1.19. The third-order valence-electron chi connectivity index (χ3n) is 3.12. The molecule has 0 spiro atoms. The minimum absolute atomic E-state index is 0.115. The van der Waals surface area contributed by atoms with Gasteiger partial charge >= 0.3 is 13.6 Å². The summed E-state index contributed by atoms with van der Waals surface area (Å²) in [4.78, 5) is 12.0. The summed E-state index contributed by atoms with van der Waals surface area (Å²) in [5.74, 6) is -0.756. The lowest BCUT2D eigenvalue weighted by molar-refractivity contribution is -0.131. The lowest BCUT2D eigenvalue weighted by Crippen LogP contribution is -2.25. The quantitative estimate of drug-likeness (QED) is 0.304. The summed E-state index contributed by atoms with van der Waals surface area (Å²) in [6.07, 6.45) is 0. The summed E-state index contributed by atoms with van der Waals surface area (Å²) in [6, 6.07) is 6.64. The molecule has 1 aromatic carbocycles. The molecule has 0 aliphatic carbocycles. The molecular weight excluding hydrogens is 283 g/mol. The monoisotopic (exact) mass is 298 g/mol. The number of allylic oxidation sites excluding steroid dienone is 1. The van der Waals surface area contributed by atoms with E-state index in [9.17, 15) is 14.5 Å². The van der Waals surface area contributed by atoms with Crippen molar-refractivity contribution in [3.8, 4) is 5.75 Å². The first-order valence-electron chi connectivity index (χ1n) is 5.86. The number of ether oxygens (including phenoxy) is 1. The molecule has 0 aromatic heterocycles. The van der Waals surface area contributed by atoms with E-state index < -0.39 is 19.2 Å². The van der Waals surface area contributed by atoms with Crippen LogP contribution in [-0.2, 0) is 18.4 Å². The van der Waals surface area contributed by atoms with Crippen molar-refractivity contribution in [2.45, 2.75) is 12.6 Å². The van der Waals surface area contributed by atoms with Crippen LogP contribution < -0.4 is 4.74 Å². The van der Waals surface area contributed by atoms with Gasteiger partial charge in [-0.1, -0.05) is 18.2 Å². The van der Waals surface area contributed by atoms with Crippen LogP contribution in [0.25, 0.3) is 0 Å². The van der Waals surface area contributed by atoms with Crippen molar-refractivity contribution in [2.24, 2.45) is 0 Å². The second-order valence-corrected chi connectivity index (χ2v) is 6.56. The highest BCUT2D eigenvalue weighted by molar-refractivity contribution is 7.54. The molecule has 1 aromatic rings. The van der Waals surface area contributed by atoms with Gasteiger partial charge in [0.05, 0.1) is 5.57 Å². The van der Waals surface area contributed by atoms with Gasteiger partial charge in [-0.2, -0.15) is 0 Å². The van der Waals surface area contributed by atoms with Gasteiger partial charge in [-0.3, -0.25) is 4.57 Å². The Hall–Kier alpha value is -1.62. The Bertz CT molecular complexity index is 609. The second-order valence-electron chi connectivity index (χ2n) is 4.23. The average Bonchev–Trinajstić information content (AvgIpc) is 2.44. The highest BCUT2D eigenvalue weighted by Gasteiger charge is 2.47. The normalized spacial score (nSPS) is 21.1. The first-order chi connectivity index (χ1) is 9.44. The van der Waals surface area contributed by atoms with Crippen LogP contribution in [-0.4, -0.2) is 25.3 Å². The van der Waals surface area contributed by atoms with Crippen molar-refractivity contribution >= 4 is 13.6 Å². The Balaban J connectivity index is 2.74. The van der Waals surface area contributed by atoms with E-state index in [1.54, 1.807) is 24.3 Å². The summed E-state index contributed by atoms with van der Waals surface area (Å²) in [6.45, 7) is 1.33. The molecule has 0 bridgehead atoms. The van der Waals surface area contributed by atoms with Gasteiger partial charge in [0, 0.05) is 19.8 Å². The molecule has 108 valence electrons. The van der Waals surface area contributed by atoms with Crippen LogP contribution in [0.4, 0.5) is 0 Å². The number of hydrogen-bond acceptors (Lipinski definition) is 6. The van der Waals surface area contributed by atoms with E-state index in [1.807, 2.05) is 0 Å². The van der Waals surface area contributed by atoms with Gasteiger partial charge in [0.25, 0.3) is 0 Å². The maximum atomic E-state index is 12.7. The van der Waals surface area contributed by atoms with Crippen LogP contribution in [0.5, 0.6) is 5.75 Å². The fourth-order valence-electron chi connectivity index (χ4n) is 2.18. The molecule has 0 saturated carbocycles. The van der Waals surface area contributed by atoms with Crippen molar-refractivity contribution in [3.05, 3.63) is 41.2 Å². The fourth-order valence-corrected chi connectivity index (χ4v) is 3.91. The van der Waals surface area contributed by atoms with Gasteiger partial charge < -0.3 is 18.9 Å². The smallest absolute Gasteiger partial charge is 0.344 e. The number of carbonyl (C=O) groups excluding carboxylic acids is 1. The van der Waals surface area contributed by atoms with Crippen molar-refractivity contribution in [1.82, 2.24) is 0 Å². The van der Waals surface area contributed by atoms with E-state index >= 15 is 0 Å². The highest BCUT2D eigenvalue weighted by Crippen LogP contribution is 2.65. The standard InChI is InChI=1S/C13H15O6P/c1-8(14)11-12(20(16,17-2)18-3)9-6-4-5-7-10(9)19-13(11)15/h4-7,12,14H,1-3H3/b11-8+. The molecule has 0 radical (unpaired) electrons. The molecule has 1 heterocycles. The van der Waals surface area contributed by atoms with Crippen LogP contribution in [0.2, 0.25) is 0 Å². The first-order valence-corrected chi connectivity index (χ1v) is 7.47. The van der Waals surface area contributed by atoms with E-state index in [4.69, 9.17) is 13.8 Å². The molecule has 0 amide bonds. The molecule has 1 aliphatic heterocycles. The Kier molecular flexibility index (Phi) is 3.99. The summed E-state index contributed by atoms with van der Waals surface area (Å²) < 4.78 is 27.8. The number of para-hydroxylation sites is 1. The first kappa shape index (κ1) is 14.8. The van der Waals surface area contributed by atoms with E-state index in [0.29, 0.717) is 5.56 Å². The van der Waals surface area contributed by atoms with Crippen molar-refractivity contribution in [2.75, 3.05) is 14.2 Å². The zero-order valence-electron chi connectivity index (χ0n) is 11.3. The SMILES string of the molecule is COP(=O)(OC)C1/C(=C(/C)O)C(=O)Oc2ccccc21. The number of rotatable bonds is 3. The van der Waals surface area contributed by atoms with Crippen molar-refractivity contribution in [3.63, 3.8) is 0 Å². The number of fused-ring (bicyclic) bond motifs is 1. The number of carbonyl (C=O) groups is 1. The molecule has 0 fully saturated rings. The predicted molar refractivity (Wildman–Crippen MR) is 71.8 cm³/mol. The molecule has 2 rings (SSSR count). The fraction of sp³-hybridized carbons (Fsp3) is 0.308. The minimum Gasteiger partial charge on any atom is -0.512 e. The van der Waals surface area contributed by atoms with Gasteiger partial charge in [-0.25, -0.2) is 4.79 Å². The highest BCUT2D eigenvalue weighted by atomic mass is 31.2. The largest absolute Gasteiger partial charge is 0.512 e. The van der Waals surface area contributed by atoms with E-state index in [-0.39, 0.29) is 17.1 Å². The van der Waals surface area contributed by atoms with Gasteiger partial charge in [-0.15, -0.1) is 0 Å².